The maximum Gasteiger partial charge on any atom is 0.180 e. The van der Waals surface area contributed by atoms with Gasteiger partial charge < -0.3 is 9.64 Å². The fourth-order valence-corrected chi connectivity index (χ4v) is 2.51. The van der Waals surface area contributed by atoms with Crippen LogP contribution in [0.1, 0.15) is 36.7 Å². The zero-order chi connectivity index (χ0) is 13.7. The average Bonchev–Trinajstić information content (AvgIpc) is 2.48. The number of Topliss-reactive ketones (excluding diaryl/α,β-unsaturated/α-hetero) is 1. The van der Waals surface area contributed by atoms with Gasteiger partial charge in [-0.3, -0.25) is 9.78 Å². The molecule has 0 unspecified atom stereocenters. The number of ketones is 1. The number of hydrogen-bond acceptors (Lipinski definition) is 4. The highest BCUT2D eigenvalue weighted by Gasteiger charge is 2.19. The van der Waals surface area contributed by atoms with Crippen LogP contribution in [0, 0.1) is 5.92 Å². The fraction of sp³-hybridized carbons (Fsp3) is 0.600. The predicted molar refractivity (Wildman–Crippen MR) is 75.7 cm³/mol. The van der Waals surface area contributed by atoms with Crippen LogP contribution in [0.2, 0.25) is 0 Å². The maximum absolute atomic E-state index is 11.5. The fourth-order valence-electron chi connectivity index (χ4n) is 2.51. The number of pyridine rings is 1. The summed E-state index contributed by atoms with van der Waals surface area (Å²) in [6.07, 6.45) is 4.64. The first-order chi connectivity index (χ1) is 9.24. The van der Waals surface area contributed by atoms with Crippen molar-refractivity contribution in [2.45, 2.75) is 26.2 Å². The van der Waals surface area contributed by atoms with Gasteiger partial charge >= 0.3 is 0 Å². The van der Waals surface area contributed by atoms with Crippen molar-refractivity contribution >= 4 is 11.5 Å². The van der Waals surface area contributed by atoms with Gasteiger partial charge in [0.15, 0.2) is 5.78 Å². The molecular formula is C15H22N2O2. The van der Waals surface area contributed by atoms with Gasteiger partial charge in [0.1, 0.15) is 5.69 Å². The number of hydrogen-bond donors (Lipinski definition) is 0. The number of piperidine rings is 1. The highest BCUT2D eigenvalue weighted by molar-refractivity contribution is 5.94. The lowest BCUT2D eigenvalue weighted by Crippen LogP contribution is -2.35. The van der Waals surface area contributed by atoms with Crippen molar-refractivity contribution in [3.05, 3.63) is 24.0 Å². The monoisotopic (exact) mass is 262 g/mol. The Morgan fingerprint density at radius 2 is 2.16 bits per heavy atom. The summed E-state index contributed by atoms with van der Waals surface area (Å²) in [7, 11) is 1.76. The standard InChI is InChI=1S/C15H22N2O2/c1-3-15(18)14-5-4-13(10-16-14)17-8-6-12(7-9-17)11-19-2/h4-5,10,12H,3,6-9,11H2,1-2H3. The number of carbonyl (C=O) groups excluding carboxylic acids is 1. The summed E-state index contributed by atoms with van der Waals surface area (Å²) in [6.45, 7) is 4.79. The summed E-state index contributed by atoms with van der Waals surface area (Å²) < 4.78 is 5.21. The molecule has 1 aromatic rings. The van der Waals surface area contributed by atoms with Gasteiger partial charge in [-0.25, -0.2) is 0 Å². The number of anilines is 1. The Hall–Kier alpha value is -1.42. The van der Waals surface area contributed by atoms with E-state index in [0.717, 1.165) is 38.2 Å². The number of aromatic nitrogens is 1. The molecule has 2 heterocycles. The summed E-state index contributed by atoms with van der Waals surface area (Å²) in [5, 5.41) is 0. The molecule has 0 saturated carbocycles. The van der Waals surface area contributed by atoms with Gasteiger partial charge in [-0.15, -0.1) is 0 Å². The SMILES string of the molecule is CCC(=O)c1ccc(N2CCC(COC)CC2)cn1. The van der Waals surface area contributed by atoms with Crippen LogP contribution in [-0.2, 0) is 4.74 Å². The maximum atomic E-state index is 11.5. The van der Waals surface area contributed by atoms with Gasteiger partial charge in [0, 0.05) is 33.2 Å². The number of nitrogens with zero attached hydrogens (tertiary/aromatic N) is 2. The van der Waals surface area contributed by atoms with E-state index in [9.17, 15) is 4.79 Å². The normalized spacial score (nSPS) is 16.6. The Labute approximate surface area is 114 Å². The van der Waals surface area contributed by atoms with E-state index in [4.69, 9.17) is 4.74 Å². The van der Waals surface area contributed by atoms with Crippen molar-refractivity contribution in [3.8, 4) is 0 Å². The largest absolute Gasteiger partial charge is 0.384 e. The minimum absolute atomic E-state index is 0.102. The molecular weight excluding hydrogens is 240 g/mol. The van der Waals surface area contributed by atoms with Crippen LogP contribution in [-0.4, -0.2) is 37.6 Å². The topological polar surface area (TPSA) is 42.4 Å². The van der Waals surface area contributed by atoms with E-state index in [0.29, 0.717) is 18.0 Å². The van der Waals surface area contributed by atoms with Crippen LogP contribution in [0.25, 0.3) is 0 Å². The average molecular weight is 262 g/mol. The molecule has 4 heteroatoms. The van der Waals surface area contributed by atoms with Gasteiger partial charge in [-0.2, -0.15) is 0 Å². The lowest BCUT2D eigenvalue weighted by Gasteiger charge is -2.33. The molecule has 0 spiro atoms. The molecule has 0 N–H and O–H groups in total. The van der Waals surface area contributed by atoms with E-state index in [-0.39, 0.29) is 5.78 Å². The predicted octanol–water partition coefficient (Wildman–Crippen LogP) is 2.54. The Balaban J connectivity index is 1.94. The molecule has 0 radical (unpaired) electrons. The highest BCUT2D eigenvalue weighted by atomic mass is 16.5. The van der Waals surface area contributed by atoms with Gasteiger partial charge in [0.05, 0.1) is 11.9 Å². The lowest BCUT2D eigenvalue weighted by molar-refractivity contribution is 0.0983. The molecule has 0 atom stereocenters. The van der Waals surface area contributed by atoms with Crippen LogP contribution in [0.3, 0.4) is 0 Å². The molecule has 0 bridgehead atoms. The lowest BCUT2D eigenvalue weighted by atomic mass is 9.97. The van der Waals surface area contributed by atoms with E-state index < -0.39 is 0 Å². The van der Waals surface area contributed by atoms with Gasteiger partial charge in [0.2, 0.25) is 0 Å². The molecule has 0 amide bonds. The first-order valence-electron chi connectivity index (χ1n) is 6.97. The van der Waals surface area contributed by atoms with Gasteiger partial charge in [0.25, 0.3) is 0 Å². The molecule has 0 aliphatic carbocycles. The quantitative estimate of drug-likeness (QED) is 0.765. The molecule has 1 aliphatic heterocycles. The summed E-state index contributed by atoms with van der Waals surface area (Å²) in [6, 6.07) is 3.84. The molecule has 1 fully saturated rings. The molecule has 19 heavy (non-hydrogen) atoms. The van der Waals surface area contributed by atoms with Crippen LogP contribution in [0.5, 0.6) is 0 Å². The van der Waals surface area contributed by atoms with Crippen molar-refractivity contribution in [1.29, 1.82) is 0 Å². The van der Waals surface area contributed by atoms with Crippen LogP contribution in [0.4, 0.5) is 5.69 Å². The Morgan fingerprint density at radius 1 is 1.42 bits per heavy atom. The minimum atomic E-state index is 0.102. The first-order valence-corrected chi connectivity index (χ1v) is 6.97. The Bertz CT molecular complexity index is 409. The Morgan fingerprint density at radius 3 is 2.68 bits per heavy atom. The van der Waals surface area contributed by atoms with E-state index in [2.05, 4.69) is 9.88 Å². The van der Waals surface area contributed by atoms with Crippen LogP contribution < -0.4 is 4.90 Å². The highest BCUT2D eigenvalue weighted by Crippen LogP contribution is 2.23. The summed E-state index contributed by atoms with van der Waals surface area (Å²) in [5.41, 5.74) is 1.68. The van der Waals surface area contributed by atoms with E-state index in [1.165, 1.54) is 0 Å². The van der Waals surface area contributed by atoms with Crippen LogP contribution in [0.15, 0.2) is 18.3 Å². The number of methoxy groups -OCH3 is 1. The van der Waals surface area contributed by atoms with E-state index in [1.807, 2.05) is 25.3 Å². The zero-order valence-corrected chi connectivity index (χ0v) is 11.8. The van der Waals surface area contributed by atoms with Crippen molar-refractivity contribution in [3.63, 3.8) is 0 Å². The smallest absolute Gasteiger partial charge is 0.180 e. The van der Waals surface area contributed by atoms with E-state index in [1.54, 1.807) is 7.11 Å². The van der Waals surface area contributed by atoms with Crippen LogP contribution >= 0.6 is 0 Å². The zero-order valence-electron chi connectivity index (χ0n) is 11.8. The minimum Gasteiger partial charge on any atom is -0.384 e. The second kappa shape index (κ2) is 6.66. The number of carbonyl (C=O) groups is 1. The molecule has 1 saturated heterocycles. The van der Waals surface area contributed by atoms with Gasteiger partial charge in [-0.1, -0.05) is 6.92 Å². The number of ether oxygens (including phenoxy) is 1. The van der Waals surface area contributed by atoms with E-state index >= 15 is 0 Å². The summed E-state index contributed by atoms with van der Waals surface area (Å²) >= 11 is 0. The first kappa shape index (κ1) is 14.0. The third-order valence-electron chi connectivity index (χ3n) is 3.74. The molecule has 4 nitrogen and oxygen atoms in total. The van der Waals surface area contributed by atoms with Crippen molar-refractivity contribution in [2.24, 2.45) is 5.92 Å². The second-order valence-corrected chi connectivity index (χ2v) is 5.06. The third-order valence-corrected chi connectivity index (χ3v) is 3.74. The third kappa shape index (κ3) is 3.53. The Kier molecular flexibility index (Phi) is 4.91. The van der Waals surface area contributed by atoms with Crippen molar-refractivity contribution in [2.75, 3.05) is 31.7 Å². The summed E-state index contributed by atoms with van der Waals surface area (Å²) in [4.78, 5) is 18.1. The number of rotatable bonds is 5. The second-order valence-electron chi connectivity index (χ2n) is 5.06. The summed E-state index contributed by atoms with van der Waals surface area (Å²) in [5.74, 6) is 0.778. The molecule has 104 valence electrons. The van der Waals surface area contributed by atoms with Gasteiger partial charge in [-0.05, 0) is 30.9 Å². The molecule has 0 aromatic carbocycles. The molecule has 2 rings (SSSR count). The molecule has 1 aromatic heterocycles. The molecule has 1 aliphatic rings. The van der Waals surface area contributed by atoms with Crippen molar-refractivity contribution < 1.29 is 9.53 Å². The van der Waals surface area contributed by atoms with Crippen molar-refractivity contribution in [1.82, 2.24) is 4.98 Å².